The summed E-state index contributed by atoms with van der Waals surface area (Å²) in [5.74, 6) is 2.66. The van der Waals surface area contributed by atoms with Gasteiger partial charge >= 0.3 is 0 Å². The summed E-state index contributed by atoms with van der Waals surface area (Å²) in [7, 11) is 3.14. The van der Waals surface area contributed by atoms with Crippen LogP contribution in [0.3, 0.4) is 0 Å². The number of amides is 1. The molecule has 1 atom stereocenters. The summed E-state index contributed by atoms with van der Waals surface area (Å²) in [5, 5.41) is 4.13. The predicted octanol–water partition coefficient (Wildman–Crippen LogP) is 4.85. The van der Waals surface area contributed by atoms with Gasteiger partial charge < -0.3 is 23.6 Å². The predicted molar refractivity (Wildman–Crippen MR) is 130 cm³/mol. The normalized spacial score (nSPS) is 15.3. The summed E-state index contributed by atoms with van der Waals surface area (Å²) in [5.41, 5.74) is 2.65. The molecule has 1 aliphatic rings. The number of benzene rings is 3. The van der Waals surface area contributed by atoms with Crippen molar-refractivity contribution < 1.29 is 23.5 Å². The summed E-state index contributed by atoms with van der Waals surface area (Å²) >= 11 is 0. The lowest BCUT2D eigenvalue weighted by atomic mass is 10.1. The van der Waals surface area contributed by atoms with Crippen LogP contribution >= 0.6 is 0 Å². The van der Waals surface area contributed by atoms with Gasteiger partial charge in [-0.3, -0.25) is 4.79 Å². The summed E-state index contributed by atoms with van der Waals surface area (Å²) < 4.78 is 22.0. The van der Waals surface area contributed by atoms with Gasteiger partial charge in [0.05, 0.1) is 20.1 Å². The number of hydrogen-bond acceptors (Lipinski definition) is 7. The molecule has 0 N–H and O–H groups in total. The Bertz CT molecular complexity index is 1300. The molecule has 0 radical (unpaired) electrons. The number of anilines is 1. The van der Waals surface area contributed by atoms with Crippen molar-refractivity contribution in [3.05, 3.63) is 84.3 Å². The van der Waals surface area contributed by atoms with Gasteiger partial charge in [-0.25, -0.2) is 0 Å². The van der Waals surface area contributed by atoms with E-state index in [0.29, 0.717) is 42.8 Å². The van der Waals surface area contributed by atoms with Gasteiger partial charge in [0, 0.05) is 30.3 Å². The second kappa shape index (κ2) is 9.89. The highest BCUT2D eigenvalue weighted by atomic mass is 16.5. The topological polar surface area (TPSA) is 86.9 Å². The van der Waals surface area contributed by atoms with Crippen molar-refractivity contribution in [3.8, 4) is 28.6 Å². The van der Waals surface area contributed by atoms with Crippen molar-refractivity contribution in [2.45, 2.75) is 18.9 Å². The number of aromatic nitrogens is 2. The number of hydrogen-bond donors (Lipinski definition) is 0. The van der Waals surface area contributed by atoms with Gasteiger partial charge in [0.1, 0.15) is 12.4 Å². The van der Waals surface area contributed by atoms with Gasteiger partial charge in [-0.2, -0.15) is 4.98 Å². The molecule has 2 heterocycles. The van der Waals surface area contributed by atoms with Gasteiger partial charge in [0.25, 0.3) is 0 Å². The molecule has 0 spiro atoms. The molecule has 8 nitrogen and oxygen atoms in total. The smallest absolute Gasteiger partial charge is 0.232 e. The maximum atomic E-state index is 12.7. The SMILES string of the molecule is COc1ccc(N2CC(c3nc(-c4ccc(OCc5ccccc5)cc4)no3)CC2=O)cc1OC. The Balaban J connectivity index is 1.25. The molecule has 0 aliphatic carbocycles. The fourth-order valence-electron chi connectivity index (χ4n) is 4.07. The first-order chi connectivity index (χ1) is 17.1. The van der Waals surface area contributed by atoms with E-state index in [1.54, 1.807) is 31.3 Å². The monoisotopic (exact) mass is 471 g/mol. The molecule has 1 aromatic heterocycles. The van der Waals surface area contributed by atoms with Gasteiger partial charge in [-0.15, -0.1) is 0 Å². The van der Waals surface area contributed by atoms with Crippen LogP contribution in [0.4, 0.5) is 5.69 Å². The zero-order chi connectivity index (χ0) is 24.2. The minimum absolute atomic E-state index is 0.0121. The van der Waals surface area contributed by atoms with E-state index in [4.69, 9.17) is 18.7 Å². The quantitative estimate of drug-likeness (QED) is 0.363. The average molecular weight is 472 g/mol. The second-order valence-electron chi connectivity index (χ2n) is 8.20. The molecule has 178 valence electrons. The van der Waals surface area contributed by atoms with Crippen LogP contribution in [0.2, 0.25) is 0 Å². The first-order valence-electron chi connectivity index (χ1n) is 11.3. The van der Waals surface area contributed by atoms with Crippen LogP contribution in [-0.4, -0.2) is 36.8 Å². The van der Waals surface area contributed by atoms with E-state index in [1.165, 1.54) is 0 Å². The van der Waals surface area contributed by atoms with Gasteiger partial charge in [0.2, 0.25) is 17.6 Å². The van der Waals surface area contributed by atoms with Crippen molar-refractivity contribution in [1.29, 1.82) is 0 Å². The molecule has 1 saturated heterocycles. The van der Waals surface area contributed by atoms with Crippen molar-refractivity contribution in [3.63, 3.8) is 0 Å². The van der Waals surface area contributed by atoms with Crippen LogP contribution in [0, 0.1) is 0 Å². The van der Waals surface area contributed by atoms with E-state index in [0.717, 1.165) is 22.6 Å². The molecule has 0 bridgehead atoms. The van der Waals surface area contributed by atoms with E-state index in [-0.39, 0.29) is 11.8 Å². The summed E-state index contributed by atoms with van der Waals surface area (Å²) in [6.45, 7) is 0.945. The number of carbonyl (C=O) groups is 1. The molecule has 0 saturated carbocycles. The third-order valence-corrected chi connectivity index (χ3v) is 5.96. The molecular weight excluding hydrogens is 446 g/mol. The zero-order valence-corrected chi connectivity index (χ0v) is 19.5. The molecule has 3 aromatic carbocycles. The Kier molecular flexibility index (Phi) is 6.34. The Morgan fingerprint density at radius 2 is 1.74 bits per heavy atom. The van der Waals surface area contributed by atoms with Crippen LogP contribution < -0.4 is 19.1 Å². The number of ether oxygens (including phenoxy) is 3. The number of nitrogens with zero attached hydrogens (tertiary/aromatic N) is 3. The maximum absolute atomic E-state index is 12.7. The molecule has 35 heavy (non-hydrogen) atoms. The summed E-state index contributed by atoms with van der Waals surface area (Å²) in [6, 6.07) is 23.0. The Morgan fingerprint density at radius 1 is 0.971 bits per heavy atom. The fraction of sp³-hybridized carbons (Fsp3) is 0.222. The van der Waals surface area contributed by atoms with Crippen molar-refractivity contribution >= 4 is 11.6 Å². The molecular formula is C27H25N3O5. The summed E-state index contributed by atoms with van der Waals surface area (Å²) in [4.78, 5) is 19.0. The highest BCUT2D eigenvalue weighted by Crippen LogP contribution is 2.36. The highest BCUT2D eigenvalue weighted by Gasteiger charge is 2.35. The molecule has 1 fully saturated rings. The lowest BCUT2D eigenvalue weighted by Crippen LogP contribution is -2.24. The van der Waals surface area contributed by atoms with Crippen LogP contribution in [-0.2, 0) is 11.4 Å². The van der Waals surface area contributed by atoms with E-state index in [9.17, 15) is 4.79 Å². The first-order valence-corrected chi connectivity index (χ1v) is 11.3. The van der Waals surface area contributed by atoms with Gasteiger partial charge in [-0.05, 0) is 42.0 Å². The van der Waals surface area contributed by atoms with Crippen LogP contribution in [0.5, 0.6) is 17.2 Å². The fourth-order valence-corrected chi connectivity index (χ4v) is 4.07. The Labute approximate surface area is 203 Å². The van der Waals surface area contributed by atoms with Gasteiger partial charge in [0.15, 0.2) is 11.5 Å². The van der Waals surface area contributed by atoms with E-state index >= 15 is 0 Å². The largest absolute Gasteiger partial charge is 0.493 e. The minimum Gasteiger partial charge on any atom is -0.493 e. The van der Waals surface area contributed by atoms with E-state index < -0.39 is 0 Å². The molecule has 1 aliphatic heterocycles. The van der Waals surface area contributed by atoms with Crippen molar-refractivity contribution in [2.75, 3.05) is 25.7 Å². The lowest BCUT2D eigenvalue weighted by molar-refractivity contribution is -0.117. The average Bonchev–Trinajstić information content (AvgIpc) is 3.55. The minimum atomic E-state index is -0.190. The molecule has 8 heteroatoms. The van der Waals surface area contributed by atoms with Crippen LogP contribution in [0.25, 0.3) is 11.4 Å². The van der Waals surface area contributed by atoms with Crippen molar-refractivity contribution in [2.24, 2.45) is 0 Å². The molecule has 4 aromatic rings. The molecule has 1 amide bonds. The second-order valence-corrected chi connectivity index (χ2v) is 8.20. The lowest BCUT2D eigenvalue weighted by Gasteiger charge is -2.18. The Hall–Kier alpha value is -4.33. The molecule has 5 rings (SSSR count). The van der Waals surface area contributed by atoms with Crippen LogP contribution in [0.15, 0.2) is 77.3 Å². The highest BCUT2D eigenvalue weighted by molar-refractivity contribution is 5.96. The summed E-state index contributed by atoms with van der Waals surface area (Å²) in [6.07, 6.45) is 0.294. The maximum Gasteiger partial charge on any atom is 0.232 e. The Morgan fingerprint density at radius 3 is 2.49 bits per heavy atom. The number of carbonyl (C=O) groups excluding carboxylic acids is 1. The standard InChI is InChI=1S/C27H25N3O5/c1-32-23-13-10-21(15-24(23)33-2)30-16-20(14-25(30)31)27-28-26(29-35-27)19-8-11-22(12-9-19)34-17-18-6-4-3-5-7-18/h3-13,15,20H,14,16-17H2,1-2H3. The van der Waals surface area contributed by atoms with Gasteiger partial charge in [-0.1, -0.05) is 35.5 Å². The number of rotatable bonds is 8. The number of methoxy groups -OCH3 is 2. The van der Waals surface area contributed by atoms with E-state index in [2.05, 4.69) is 10.1 Å². The zero-order valence-electron chi connectivity index (χ0n) is 19.5. The first kappa shape index (κ1) is 22.5. The van der Waals surface area contributed by atoms with Crippen LogP contribution in [0.1, 0.15) is 23.8 Å². The van der Waals surface area contributed by atoms with Crippen molar-refractivity contribution in [1.82, 2.24) is 10.1 Å². The third kappa shape index (κ3) is 4.82. The molecule has 1 unspecified atom stereocenters. The van der Waals surface area contributed by atoms with E-state index in [1.807, 2.05) is 60.7 Å². The third-order valence-electron chi connectivity index (χ3n) is 5.96.